The van der Waals surface area contributed by atoms with E-state index in [0.29, 0.717) is 11.5 Å². The molecule has 0 saturated carbocycles. The molecule has 0 amide bonds. The van der Waals surface area contributed by atoms with Crippen LogP contribution in [0.25, 0.3) is 0 Å². The average Bonchev–Trinajstić information content (AvgIpc) is 3.01. The predicted octanol–water partition coefficient (Wildman–Crippen LogP) is 3.79. The van der Waals surface area contributed by atoms with Gasteiger partial charge in [0.15, 0.2) is 0 Å². The third-order valence-corrected chi connectivity index (χ3v) is 6.12. The van der Waals surface area contributed by atoms with Crippen LogP contribution in [0.3, 0.4) is 0 Å². The summed E-state index contributed by atoms with van der Waals surface area (Å²) < 4.78 is 18.4. The second-order valence-electron chi connectivity index (χ2n) is 13.3. The fraction of sp³-hybridized carbons (Fsp3) is 0.571. The first-order valence-electron chi connectivity index (χ1n) is 11.8. The number of fused-ring (bicyclic) bond motifs is 1. The molecule has 4 nitrogen and oxygen atoms in total. The minimum Gasteiger partial charge on any atom is -0.870 e. The van der Waals surface area contributed by atoms with Gasteiger partial charge >= 0.3 is 36.9 Å². The Balaban J connectivity index is 0.00000408. The van der Waals surface area contributed by atoms with Gasteiger partial charge < -0.3 is 19.1 Å². The summed E-state index contributed by atoms with van der Waals surface area (Å²) in [5.41, 5.74) is 3.39. The summed E-state index contributed by atoms with van der Waals surface area (Å²) in [5, 5.41) is 13.3. The van der Waals surface area contributed by atoms with Crippen molar-refractivity contribution in [3.05, 3.63) is 46.5 Å². The van der Waals surface area contributed by atoms with E-state index in [0.717, 1.165) is 16.7 Å². The SMILES string of the molecule is CC(C)(C)c1cc(OB2Oc3cc(C(C)(C)C)cc(C(C)(C)C)c3O2)c([O-])c(C(C)(C)C)c1.[Na+]. The first kappa shape index (κ1) is 28.9. The van der Waals surface area contributed by atoms with Gasteiger partial charge in [-0.15, -0.1) is 0 Å². The van der Waals surface area contributed by atoms with Crippen LogP contribution in [0.15, 0.2) is 24.3 Å². The molecule has 0 atom stereocenters. The Morgan fingerprint density at radius 2 is 1.12 bits per heavy atom. The standard InChI is InChI=1S/C28H41BO4.Na/c1-25(2,3)17-13-19(27(7,8)9)23(30)21(15-17)31-29-32-22-16-18(26(4,5)6)14-20(24(22)33-29)28(10,11)12;/h13-16,30H,1-12H3;/q;+1/p-1. The second kappa shape index (κ2) is 9.30. The molecule has 2 aromatic carbocycles. The van der Waals surface area contributed by atoms with Gasteiger partial charge in [-0.05, 0) is 50.5 Å². The van der Waals surface area contributed by atoms with Gasteiger partial charge in [-0.1, -0.05) is 101 Å². The van der Waals surface area contributed by atoms with Crippen molar-refractivity contribution in [3.63, 3.8) is 0 Å². The molecule has 1 aliphatic heterocycles. The van der Waals surface area contributed by atoms with Crippen molar-refractivity contribution >= 4 is 7.32 Å². The Hall–Kier alpha value is -1.30. The summed E-state index contributed by atoms with van der Waals surface area (Å²) in [7, 11) is -1.01. The molecule has 0 saturated heterocycles. The van der Waals surface area contributed by atoms with E-state index >= 15 is 0 Å². The summed E-state index contributed by atoms with van der Waals surface area (Å²) in [4.78, 5) is 0. The molecule has 0 aliphatic carbocycles. The molecule has 180 valence electrons. The quantitative estimate of drug-likeness (QED) is 0.622. The average molecular weight is 474 g/mol. The van der Waals surface area contributed by atoms with Gasteiger partial charge in [0.1, 0.15) is 11.5 Å². The first-order chi connectivity index (χ1) is 14.8. The largest absolute Gasteiger partial charge is 1.00 e. The molecule has 0 fully saturated rings. The van der Waals surface area contributed by atoms with Crippen LogP contribution in [0.5, 0.6) is 23.0 Å². The Morgan fingerprint density at radius 3 is 1.59 bits per heavy atom. The zero-order chi connectivity index (χ0) is 25.1. The van der Waals surface area contributed by atoms with E-state index in [1.807, 2.05) is 39.0 Å². The minimum absolute atomic E-state index is 0. The number of hydrogen-bond donors (Lipinski definition) is 0. The van der Waals surface area contributed by atoms with E-state index in [-0.39, 0.29) is 62.7 Å². The van der Waals surface area contributed by atoms with Crippen LogP contribution in [-0.4, -0.2) is 7.32 Å². The zero-order valence-corrected chi connectivity index (χ0v) is 25.5. The molecule has 2 aromatic rings. The van der Waals surface area contributed by atoms with Crippen molar-refractivity contribution < 1.29 is 48.6 Å². The Labute approximate surface area is 229 Å². The van der Waals surface area contributed by atoms with Crippen LogP contribution in [-0.2, 0) is 21.7 Å². The third kappa shape index (κ3) is 6.09. The Kier molecular flexibility index (Phi) is 7.91. The van der Waals surface area contributed by atoms with Crippen molar-refractivity contribution in [2.45, 2.75) is 105 Å². The molecule has 0 radical (unpaired) electrons. The summed E-state index contributed by atoms with van der Waals surface area (Å²) in [6.45, 7) is 25.5. The van der Waals surface area contributed by atoms with Crippen molar-refractivity contribution in [1.29, 1.82) is 0 Å². The van der Waals surface area contributed by atoms with E-state index in [9.17, 15) is 5.11 Å². The van der Waals surface area contributed by atoms with E-state index in [4.69, 9.17) is 14.0 Å². The van der Waals surface area contributed by atoms with Crippen molar-refractivity contribution in [1.82, 2.24) is 0 Å². The Bertz CT molecular complexity index is 1050. The van der Waals surface area contributed by atoms with Gasteiger partial charge in [0, 0.05) is 5.56 Å². The van der Waals surface area contributed by atoms with E-state index in [1.165, 1.54) is 5.56 Å². The molecule has 0 unspecified atom stereocenters. The normalized spacial score (nSPS) is 14.2. The molecule has 0 spiro atoms. The summed E-state index contributed by atoms with van der Waals surface area (Å²) in [6.07, 6.45) is 0. The topological polar surface area (TPSA) is 50.8 Å². The maximum Gasteiger partial charge on any atom is 1.00 e. The second-order valence-corrected chi connectivity index (χ2v) is 13.3. The molecule has 34 heavy (non-hydrogen) atoms. The maximum atomic E-state index is 13.3. The third-order valence-electron chi connectivity index (χ3n) is 6.12. The predicted molar refractivity (Wildman–Crippen MR) is 135 cm³/mol. The first-order valence-corrected chi connectivity index (χ1v) is 11.8. The zero-order valence-electron chi connectivity index (χ0n) is 23.5. The maximum absolute atomic E-state index is 13.3. The number of benzene rings is 2. The minimum atomic E-state index is -1.01. The molecule has 6 heteroatoms. The molecule has 0 bridgehead atoms. The van der Waals surface area contributed by atoms with Crippen molar-refractivity contribution in [2.24, 2.45) is 0 Å². The smallest absolute Gasteiger partial charge is 0.870 e. The van der Waals surface area contributed by atoms with Gasteiger partial charge in [0.25, 0.3) is 0 Å². The molecular formula is C28H40BNaO4. The van der Waals surface area contributed by atoms with Gasteiger partial charge in [0.2, 0.25) is 0 Å². The van der Waals surface area contributed by atoms with E-state index < -0.39 is 7.32 Å². The van der Waals surface area contributed by atoms with Gasteiger partial charge in [-0.25, -0.2) is 0 Å². The van der Waals surface area contributed by atoms with E-state index in [2.05, 4.69) is 68.4 Å². The van der Waals surface area contributed by atoms with Crippen LogP contribution in [0.1, 0.15) is 105 Å². The van der Waals surface area contributed by atoms with Crippen molar-refractivity contribution in [2.75, 3.05) is 0 Å². The van der Waals surface area contributed by atoms with Crippen LogP contribution in [0.2, 0.25) is 0 Å². The number of rotatable bonds is 2. The fourth-order valence-electron chi connectivity index (χ4n) is 3.86. The summed E-state index contributed by atoms with van der Waals surface area (Å²) in [6, 6.07) is 8.06. The van der Waals surface area contributed by atoms with Crippen molar-refractivity contribution in [3.8, 4) is 23.0 Å². The monoisotopic (exact) mass is 474 g/mol. The van der Waals surface area contributed by atoms with Crippen LogP contribution in [0.4, 0.5) is 0 Å². The van der Waals surface area contributed by atoms with Crippen LogP contribution in [0, 0.1) is 0 Å². The van der Waals surface area contributed by atoms with Gasteiger partial charge in [-0.3, -0.25) is 0 Å². The summed E-state index contributed by atoms with van der Waals surface area (Å²) in [5.74, 6) is 1.49. The van der Waals surface area contributed by atoms with Gasteiger partial charge in [0.05, 0.1) is 5.75 Å². The van der Waals surface area contributed by atoms with Gasteiger partial charge in [-0.2, -0.15) is 0 Å². The molecule has 3 rings (SSSR count). The Morgan fingerprint density at radius 1 is 0.647 bits per heavy atom. The van der Waals surface area contributed by atoms with E-state index in [1.54, 1.807) is 0 Å². The molecule has 0 aromatic heterocycles. The molecule has 1 aliphatic rings. The molecule has 0 N–H and O–H groups in total. The summed E-state index contributed by atoms with van der Waals surface area (Å²) >= 11 is 0. The molecular weight excluding hydrogens is 434 g/mol. The fourth-order valence-corrected chi connectivity index (χ4v) is 3.86. The van der Waals surface area contributed by atoms with Crippen LogP contribution >= 0.6 is 0 Å². The van der Waals surface area contributed by atoms with Crippen LogP contribution < -0.4 is 48.6 Å². The molecule has 1 heterocycles. The number of hydrogen-bond acceptors (Lipinski definition) is 4.